The molecule has 1 unspecified atom stereocenters. The fraction of sp³-hybridized carbons (Fsp3) is 0.286. The minimum Gasteiger partial charge on any atom is -0.103 e. The Morgan fingerprint density at radius 3 is 2.33 bits per heavy atom. The van der Waals surface area contributed by atoms with Crippen LogP contribution in [0, 0.1) is 0 Å². The summed E-state index contributed by atoms with van der Waals surface area (Å²) in [7, 11) is -1.34. The first kappa shape index (κ1) is 12.0. The smallest absolute Gasteiger partial charge is 0.0876 e. The van der Waals surface area contributed by atoms with Gasteiger partial charge in [-0.1, -0.05) is 54.2 Å². The molecule has 0 amide bonds. The van der Waals surface area contributed by atoms with Gasteiger partial charge in [0.2, 0.25) is 0 Å². The van der Waals surface area contributed by atoms with Gasteiger partial charge in [0.25, 0.3) is 0 Å². The third kappa shape index (κ3) is 3.20. The van der Waals surface area contributed by atoms with E-state index >= 15 is 0 Å². The Labute approximate surface area is 94.4 Å². The van der Waals surface area contributed by atoms with Crippen LogP contribution in [0.3, 0.4) is 0 Å². The van der Waals surface area contributed by atoms with Crippen LogP contribution in [0.1, 0.15) is 6.42 Å². The first-order valence-electron chi connectivity index (χ1n) is 5.50. The molecular weight excluding hydrogens is 196 g/mol. The molecule has 0 aliphatic heterocycles. The molecule has 0 aliphatic rings. The van der Waals surface area contributed by atoms with Gasteiger partial charge >= 0.3 is 0 Å². The minimum atomic E-state index is -1.34. The Morgan fingerprint density at radius 2 is 1.80 bits per heavy atom. The maximum atomic E-state index is 3.89. The van der Waals surface area contributed by atoms with E-state index in [2.05, 4.69) is 56.1 Å². The van der Waals surface area contributed by atoms with Gasteiger partial charge in [-0.2, -0.15) is 0 Å². The second kappa shape index (κ2) is 5.71. The van der Waals surface area contributed by atoms with Gasteiger partial charge in [-0.25, -0.2) is 0 Å². The van der Waals surface area contributed by atoms with E-state index in [0.29, 0.717) is 0 Å². The molecule has 1 heteroatoms. The fourth-order valence-corrected chi connectivity index (χ4v) is 5.15. The van der Waals surface area contributed by atoms with E-state index in [1.54, 1.807) is 0 Å². The number of hydrogen-bond acceptors (Lipinski definition) is 0. The molecule has 1 aromatic carbocycles. The van der Waals surface area contributed by atoms with Crippen LogP contribution >= 0.6 is 0 Å². The molecule has 1 aromatic rings. The zero-order valence-corrected chi connectivity index (χ0v) is 10.6. The highest BCUT2D eigenvalue weighted by atomic mass is 28.3. The van der Waals surface area contributed by atoms with Crippen molar-refractivity contribution in [1.82, 2.24) is 0 Å². The van der Waals surface area contributed by atoms with E-state index in [-0.39, 0.29) is 0 Å². The molecule has 0 spiro atoms. The summed E-state index contributed by atoms with van der Waals surface area (Å²) < 4.78 is 0. The van der Waals surface area contributed by atoms with Crippen LogP contribution in [0.5, 0.6) is 0 Å². The van der Waals surface area contributed by atoms with Crippen LogP contribution in [0.15, 0.2) is 55.6 Å². The largest absolute Gasteiger partial charge is 0.103 e. The average Bonchev–Trinajstić information content (AvgIpc) is 2.28. The van der Waals surface area contributed by atoms with Crippen molar-refractivity contribution in [2.24, 2.45) is 0 Å². The van der Waals surface area contributed by atoms with E-state index in [0.717, 1.165) is 12.5 Å². The van der Waals surface area contributed by atoms with Crippen LogP contribution in [0.4, 0.5) is 0 Å². The molecule has 0 aliphatic carbocycles. The Morgan fingerprint density at radius 1 is 1.13 bits per heavy atom. The fourth-order valence-electron chi connectivity index (χ4n) is 1.94. The summed E-state index contributed by atoms with van der Waals surface area (Å²) in [5.41, 5.74) is 0. The lowest BCUT2D eigenvalue weighted by Crippen LogP contribution is -2.43. The van der Waals surface area contributed by atoms with E-state index < -0.39 is 8.07 Å². The lowest BCUT2D eigenvalue weighted by molar-refractivity contribution is 1.16. The third-order valence-electron chi connectivity index (χ3n) is 2.97. The third-order valence-corrected chi connectivity index (χ3v) is 7.27. The quantitative estimate of drug-likeness (QED) is 0.502. The first-order chi connectivity index (χ1) is 7.23. The van der Waals surface area contributed by atoms with Gasteiger partial charge in [0.05, 0.1) is 8.07 Å². The standard InChI is InChI=1S/C14H20Si/c1-4-6-13-15(3,12-5-2)14-10-8-7-9-11-14/h4-5,7-11H,1-2,6,12-13H2,3H3. The Balaban J connectivity index is 2.89. The molecule has 15 heavy (non-hydrogen) atoms. The van der Waals surface area contributed by atoms with Crippen molar-refractivity contribution in [3.63, 3.8) is 0 Å². The van der Waals surface area contributed by atoms with Crippen molar-refractivity contribution in [2.75, 3.05) is 0 Å². The maximum Gasteiger partial charge on any atom is 0.0876 e. The summed E-state index contributed by atoms with van der Waals surface area (Å²) in [6.45, 7) is 10.1. The van der Waals surface area contributed by atoms with Crippen molar-refractivity contribution >= 4 is 13.3 Å². The van der Waals surface area contributed by atoms with Crippen LogP contribution in [-0.4, -0.2) is 8.07 Å². The zero-order chi connectivity index (χ0) is 11.1. The van der Waals surface area contributed by atoms with Gasteiger partial charge in [-0.05, 0) is 18.5 Å². The molecule has 0 heterocycles. The van der Waals surface area contributed by atoms with Crippen molar-refractivity contribution in [3.8, 4) is 0 Å². The van der Waals surface area contributed by atoms with Gasteiger partial charge < -0.3 is 0 Å². The highest BCUT2D eigenvalue weighted by Gasteiger charge is 2.26. The molecule has 0 nitrogen and oxygen atoms in total. The highest BCUT2D eigenvalue weighted by molar-refractivity contribution is 6.91. The minimum absolute atomic E-state index is 1.12. The molecule has 0 aromatic heterocycles. The zero-order valence-electron chi connectivity index (χ0n) is 9.58. The van der Waals surface area contributed by atoms with E-state index in [1.807, 2.05) is 6.08 Å². The Kier molecular flexibility index (Phi) is 4.57. The van der Waals surface area contributed by atoms with Crippen molar-refractivity contribution in [2.45, 2.75) is 25.1 Å². The number of rotatable bonds is 6. The summed E-state index contributed by atoms with van der Waals surface area (Å²) >= 11 is 0. The van der Waals surface area contributed by atoms with Gasteiger partial charge in [-0.15, -0.1) is 13.2 Å². The summed E-state index contributed by atoms with van der Waals surface area (Å²) in [5, 5.41) is 1.53. The lowest BCUT2D eigenvalue weighted by Gasteiger charge is -2.26. The highest BCUT2D eigenvalue weighted by Crippen LogP contribution is 2.18. The van der Waals surface area contributed by atoms with Crippen LogP contribution in [0.25, 0.3) is 0 Å². The van der Waals surface area contributed by atoms with Crippen LogP contribution in [-0.2, 0) is 0 Å². The van der Waals surface area contributed by atoms with Gasteiger partial charge in [0.15, 0.2) is 0 Å². The molecule has 0 saturated carbocycles. The number of benzene rings is 1. The normalized spacial score (nSPS) is 14.2. The van der Waals surface area contributed by atoms with Crippen molar-refractivity contribution in [1.29, 1.82) is 0 Å². The maximum absolute atomic E-state index is 3.89. The predicted octanol–water partition coefficient (Wildman–Crippen LogP) is 3.73. The summed E-state index contributed by atoms with van der Waals surface area (Å²) in [6, 6.07) is 13.3. The van der Waals surface area contributed by atoms with Crippen LogP contribution < -0.4 is 5.19 Å². The molecule has 0 N–H and O–H groups in total. The van der Waals surface area contributed by atoms with Crippen LogP contribution in [0.2, 0.25) is 18.6 Å². The topological polar surface area (TPSA) is 0 Å². The summed E-state index contributed by atoms with van der Waals surface area (Å²) in [5.74, 6) is 0. The SMILES string of the molecule is C=CCC[Si](C)(CC=C)c1ccccc1. The van der Waals surface area contributed by atoms with E-state index in [4.69, 9.17) is 0 Å². The van der Waals surface area contributed by atoms with Crippen molar-refractivity contribution < 1.29 is 0 Å². The van der Waals surface area contributed by atoms with Crippen molar-refractivity contribution in [3.05, 3.63) is 55.6 Å². The number of allylic oxidation sites excluding steroid dienone is 2. The Hall–Kier alpha value is -1.08. The molecule has 0 saturated heterocycles. The lowest BCUT2D eigenvalue weighted by atomic mass is 10.4. The first-order valence-corrected chi connectivity index (χ1v) is 8.41. The second-order valence-electron chi connectivity index (χ2n) is 4.25. The van der Waals surface area contributed by atoms with Gasteiger partial charge in [-0.3, -0.25) is 0 Å². The molecule has 1 rings (SSSR count). The molecule has 0 bridgehead atoms. The molecule has 0 radical (unpaired) electrons. The van der Waals surface area contributed by atoms with Gasteiger partial charge in [0, 0.05) is 0 Å². The van der Waals surface area contributed by atoms with E-state index in [9.17, 15) is 0 Å². The van der Waals surface area contributed by atoms with E-state index in [1.165, 1.54) is 11.2 Å². The molecule has 1 atom stereocenters. The average molecular weight is 216 g/mol. The predicted molar refractivity (Wildman–Crippen MR) is 72.3 cm³/mol. The summed E-state index contributed by atoms with van der Waals surface area (Å²) in [4.78, 5) is 0. The monoisotopic (exact) mass is 216 g/mol. The molecule has 0 fully saturated rings. The number of hydrogen-bond donors (Lipinski definition) is 0. The second-order valence-corrected chi connectivity index (χ2v) is 8.85. The molecule has 80 valence electrons. The summed E-state index contributed by atoms with van der Waals surface area (Å²) in [6.07, 6.45) is 5.21. The Bertz CT molecular complexity index is 315. The molecular formula is C14H20Si. The van der Waals surface area contributed by atoms with Gasteiger partial charge in [0.1, 0.15) is 0 Å².